The van der Waals surface area contributed by atoms with Gasteiger partial charge in [-0.05, 0) is 0 Å². The molecule has 0 bridgehead atoms. The Labute approximate surface area is 50.5 Å². The molecule has 4 heteroatoms. The largest absolute Gasteiger partial charge is 4.00 e. The predicted molar refractivity (Wildman–Crippen MR) is 6.44 cm³/mol. The van der Waals surface area contributed by atoms with E-state index in [1.54, 1.807) is 0 Å². The van der Waals surface area contributed by atoms with Gasteiger partial charge in [-0.25, -0.2) is 0 Å². The molecule has 0 heterocycles. The molecule has 0 saturated heterocycles. The number of hydrogen-bond acceptors (Lipinski definition) is 0. The molecule has 1 radical (unpaired) electrons. The Morgan fingerprint density at radius 1 is 1.00 bits per heavy atom. The van der Waals surface area contributed by atoms with Gasteiger partial charge < -0.3 is 5.48 Å². The fourth-order valence-corrected chi connectivity index (χ4v) is 0. The van der Waals surface area contributed by atoms with Crippen molar-refractivity contribution in [1.29, 1.82) is 0 Å². The first kappa shape index (κ1) is 63.5. The van der Waals surface area contributed by atoms with Gasteiger partial charge in [-0.2, -0.15) is 0 Å². The second-order valence-corrected chi connectivity index (χ2v) is 0. The third kappa shape index (κ3) is 10.7. The summed E-state index contributed by atoms with van der Waals surface area (Å²) in [7, 11) is 0. The Kier molecular flexibility index (Phi) is 473. The Hall–Kier alpha value is 1.20. The Morgan fingerprint density at radius 2 is 1.00 bits per heavy atom. The van der Waals surface area contributed by atoms with Crippen molar-refractivity contribution in [1.82, 2.24) is 0 Å². The average Bonchev–Trinajstić information content (AvgIpc) is 0. The van der Waals surface area contributed by atoms with E-state index in [-0.39, 0.29) is 50.3 Å². The first-order chi connectivity index (χ1) is 0. The van der Waals surface area contributed by atoms with Gasteiger partial charge in [0.15, 0.2) is 0 Å². The van der Waals surface area contributed by atoms with Crippen molar-refractivity contribution in [2.75, 3.05) is 0 Å². The van der Waals surface area contributed by atoms with Crippen LogP contribution in [0.25, 0.3) is 0 Å². The number of rotatable bonds is 0. The first-order valence-electron chi connectivity index (χ1n) is 0. The van der Waals surface area contributed by atoms with Gasteiger partial charge in [0.2, 0.25) is 0 Å². The van der Waals surface area contributed by atoms with Crippen molar-refractivity contribution in [3.8, 4) is 0 Å². The molecular formula is CrNiOSi+7. The van der Waals surface area contributed by atoms with Crippen LogP contribution < -0.4 is 0 Å². The zero-order valence-corrected chi connectivity index (χ0v) is 4.90. The fourth-order valence-electron chi connectivity index (χ4n) is 0. The van der Waals surface area contributed by atoms with Gasteiger partial charge in [0.05, 0.1) is 0 Å². The van der Waals surface area contributed by atoms with E-state index in [0.717, 1.165) is 0 Å². The summed E-state index contributed by atoms with van der Waals surface area (Å²) in [6, 6.07) is 0. The average molecular weight is 155 g/mol. The summed E-state index contributed by atoms with van der Waals surface area (Å²) in [6.07, 6.45) is 0. The van der Waals surface area contributed by atoms with Crippen molar-refractivity contribution in [2.24, 2.45) is 0 Å². The normalized spacial score (nSPS) is 0. The molecule has 0 aliphatic carbocycles. The number of hydrogen-bond donors (Lipinski definition) is 0. The van der Waals surface area contributed by atoms with Gasteiger partial charge in [-0.15, -0.1) is 0 Å². The van der Waals surface area contributed by atoms with Crippen LogP contribution in [0.4, 0.5) is 0 Å². The summed E-state index contributed by atoms with van der Waals surface area (Å²) in [4.78, 5) is 0. The maximum Gasteiger partial charge on any atom is 4.00 e. The second-order valence-electron chi connectivity index (χ2n) is 0. The third-order valence-electron chi connectivity index (χ3n) is 0. The summed E-state index contributed by atoms with van der Waals surface area (Å²) in [6.45, 7) is 0. The minimum Gasteiger partial charge on any atom is -2.00 e. The molecule has 0 N–H and O–H groups in total. The smallest absolute Gasteiger partial charge is 2.00 e. The molecule has 0 aliphatic heterocycles. The Bertz CT molecular complexity index is 8.00. The zero-order chi connectivity index (χ0) is 0. The predicted octanol–water partition coefficient (Wildman–Crippen LogP) is -0.505. The van der Waals surface area contributed by atoms with E-state index in [4.69, 9.17) is 0 Å². The third-order valence-corrected chi connectivity index (χ3v) is 0. The molecule has 0 saturated carbocycles. The van der Waals surface area contributed by atoms with Crippen LogP contribution in [0.2, 0.25) is 0 Å². The van der Waals surface area contributed by atoms with Crippen LogP contribution in [-0.4, -0.2) is 11.0 Å². The molecule has 0 aromatic carbocycles. The quantitative estimate of drug-likeness (QED) is 0.421. The van der Waals surface area contributed by atoms with Crippen LogP contribution in [0.5, 0.6) is 0 Å². The molecular weight excluding hydrogens is 155 g/mol. The maximum atomic E-state index is 0. The summed E-state index contributed by atoms with van der Waals surface area (Å²) in [5.74, 6) is 0. The van der Waals surface area contributed by atoms with Crippen LogP contribution in [0, 0.1) is 0 Å². The van der Waals surface area contributed by atoms with Crippen LogP contribution in [0.3, 0.4) is 0 Å². The molecule has 0 unspecified atom stereocenters. The molecule has 0 amide bonds. The molecule has 0 aromatic heterocycles. The first-order valence-corrected chi connectivity index (χ1v) is 0. The van der Waals surface area contributed by atoms with Crippen LogP contribution in [0.1, 0.15) is 0 Å². The molecule has 1 nitrogen and oxygen atoms in total. The van der Waals surface area contributed by atoms with Gasteiger partial charge in [0.1, 0.15) is 0 Å². The maximum absolute atomic E-state index is 0. The van der Waals surface area contributed by atoms with Gasteiger partial charge in [0, 0.05) is 0 Å². The van der Waals surface area contributed by atoms with E-state index in [1.807, 2.05) is 0 Å². The topological polar surface area (TPSA) is 28.5 Å². The summed E-state index contributed by atoms with van der Waals surface area (Å²) in [5.41, 5.74) is 0. The van der Waals surface area contributed by atoms with Crippen molar-refractivity contribution in [2.45, 2.75) is 0 Å². The van der Waals surface area contributed by atoms with E-state index in [2.05, 4.69) is 0 Å². The standard InChI is InChI=1S/Cr.Ni.O.Si/q+3;+2;-2;+4. The van der Waals surface area contributed by atoms with Gasteiger partial charge in [-0.1, -0.05) is 0 Å². The summed E-state index contributed by atoms with van der Waals surface area (Å²) >= 11 is 0. The van der Waals surface area contributed by atoms with E-state index in [1.165, 1.54) is 0 Å². The van der Waals surface area contributed by atoms with Gasteiger partial charge in [0.25, 0.3) is 0 Å². The Balaban J connectivity index is 0. The molecule has 0 aliphatic rings. The van der Waals surface area contributed by atoms with Crippen LogP contribution in [-0.2, 0) is 39.3 Å². The van der Waals surface area contributed by atoms with Crippen molar-refractivity contribution < 1.29 is 39.3 Å². The molecule has 0 rings (SSSR count). The SMILES string of the molecule is [Cr+3].[Ni+2].[O-2].[Si+4]. The van der Waals surface area contributed by atoms with Crippen LogP contribution in [0.15, 0.2) is 0 Å². The van der Waals surface area contributed by atoms with E-state index >= 15 is 0 Å². The van der Waals surface area contributed by atoms with Gasteiger partial charge >= 0.3 is 44.8 Å². The van der Waals surface area contributed by atoms with Crippen molar-refractivity contribution >= 4 is 11.0 Å². The second kappa shape index (κ2) is 29.8. The van der Waals surface area contributed by atoms with Crippen molar-refractivity contribution in [3.05, 3.63) is 0 Å². The zero-order valence-electron chi connectivity index (χ0n) is 1.63. The fraction of sp³-hybridized carbons (Fsp3) is 0. The van der Waals surface area contributed by atoms with E-state index in [9.17, 15) is 0 Å². The summed E-state index contributed by atoms with van der Waals surface area (Å²) < 4.78 is 0. The Morgan fingerprint density at radius 3 is 1.00 bits per heavy atom. The molecule has 19 valence electrons. The molecule has 0 fully saturated rings. The minimum absolute atomic E-state index is 0. The van der Waals surface area contributed by atoms with Crippen molar-refractivity contribution in [3.63, 3.8) is 0 Å². The van der Waals surface area contributed by atoms with Gasteiger partial charge in [-0.3, -0.25) is 0 Å². The van der Waals surface area contributed by atoms with Crippen LogP contribution >= 0.6 is 0 Å². The molecule has 4 heavy (non-hydrogen) atoms. The van der Waals surface area contributed by atoms with E-state index < -0.39 is 0 Å². The molecule has 0 atom stereocenters. The monoisotopic (exact) mass is 154 g/mol. The van der Waals surface area contributed by atoms with E-state index in [0.29, 0.717) is 0 Å². The minimum atomic E-state index is 0. The molecule has 0 spiro atoms. The summed E-state index contributed by atoms with van der Waals surface area (Å²) in [5, 5.41) is 0. The molecule has 0 aromatic rings.